The van der Waals surface area contributed by atoms with E-state index >= 15 is 0 Å². The fraction of sp³-hybridized carbons (Fsp3) is 0.316. The molecule has 5 heteroatoms. The molecule has 2 heterocycles. The summed E-state index contributed by atoms with van der Waals surface area (Å²) in [7, 11) is 0. The molecule has 2 aliphatic heterocycles. The van der Waals surface area contributed by atoms with Crippen molar-refractivity contribution < 1.29 is 19.0 Å². The molecule has 0 fully saturated rings. The molecular weight excluding hydrogens is 306 g/mol. The zero-order chi connectivity index (χ0) is 16.7. The first kappa shape index (κ1) is 14.9. The molecule has 0 aliphatic carbocycles. The van der Waals surface area contributed by atoms with Crippen molar-refractivity contribution in [3.8, 4) is 17.2 Å². The fourth-order valence-electron chi connectivity index (χ4n) is 3.09. The van der Waals surface area contributed by atoms with Gasteiger partial charge in [-0.05, 0) is 30.7 Å². The number of nitrogens with one attached hydrogen (secondary N) is 1. The Bertz CT molecular complexity index is 802. The average molecular weight is 325 g/mol. The van der Waals surface area contributed by atoms with E-state index in [2.05, 4.69) is 12.2 Å². The highest BCUT2D eigenvalue weighted by molar-refractivity contribution is 5.97. The van der Waals surface area contributed by atoms with E-state index in [-0.39, 0.29) is 18.8 Å². The summed E-state index contributed by atoms with van der Waals surface area (Å²) < 4.78 is 16.5. The first-order valence-electron chi connectivity index (χ1n) is 8.10. The van der Waals surface area contributed by atoms with Crippen LogP contribution in [0.15, 0.2) is 36.4 Å². The number of benzene rings is 2. The van der Waals surface area contributed by atoms with Crippen molar-refractivity contribution in [1.82, 2.24) is 5.32 Å². The van der Waals surface area contributed by atoms with Crippen LogP contribution in [0, 0.1) is 0 Å². The Labute approximate surface area is 140 Å². The third kappa shape index (κ3) is 2.46. The molecule has 1 amide bonds. The third-order valence-electron chi connectivity index (χ3n) is 4.68. The van der Waals surface area contributed by atoms with Gasteiger partial charge in [0.15, 0.2) is 11.5 Å². The Kier molecular flexibility index (Phi) is 3.56. The molecule has 0 saturated heterocycles. The highest BCUT2D eigenvalue weighted by Crippen LogP contribution is 2.40. The van der Waals surface area contributed by atoms with Gasteiger partial charge in [0.25, 0.3) is 5.91 Å². The zero-order valence-corrected chi connectivity index (χ0v) is 13.7. The van der Waals surface area contributed by atoms with Crippen molar-refractivity contribution in [2.75, 3.05) is 6.79 Å². The highest BCUT2D eigenvalue weighted by atomic mass is 16.7. The van der Waals surface area contributed by atoms with Gasteiger partial charge in [0.2, 0.25) is 6.79 Å². The molecule has 0 spiro atoms. The van der Waals surface area contributed by atoms with E-state index in [4.69, 9.17) is 14.2 Å². The van der Waals surface area contributed by atoms with Crippen LogP contribution >= 0.6 is 0 Å². The van der Waals surface area contributed by atoms with Crippen molar-refractivity contribution in [2.24, 2.45) is 0 Å². The van der Waals surface area contributed by atoms with Crippen molar-refractivity contribution in [2.45, 2.75) is 32.4 Å². The zero-order valence-electron chi connectivity index (χ0n) is 13.7. The largest absolute Gasteiger partial charge is 0.489 e. The summed E-state index contributed by atoms with van der Waals surface area (Å²) in [5, 5.41) is 2.95. The van der Waals surface area contributed by atoms with E-state index in [0.717, 1.165) is 16.9 Å². The van der Waals surface area contributed by atoms with Gasteiger partial charge in [0.1, 0.15) is 11.9 Å². The van der Waals surface area contributed by atoms with Crippen LogP contribution in [0.4, 0.5) is 0 Å². The Morgan fingerprint density at radius 1 is 1.17 bits per heavy atom. The summed E-state index contributed by atoms with van der Waals surface area (Å²) in [6, 6.07) is 11.4. The second-order valence-electron chi connectivity index (χ2n) is 6.21. The van der Waals surface area contributed by atoms with Crippen molar-refractivity contribution in [3.63, 3.8) is 0 Å². The minimum atomic E-state index is -0.134. The number of ether oxygens (including phenoxy) is 3. The van der Waals surface area contributed by atoms with Gasteiger partial charge in [0, 0.05) is 18.0 Å². The lowest BCUT2D eigenvalue weighted by Gasteiger charge is -2.10. The molecule has 4 rings (SSSR count). The molecular formula is C19H19NO4. The summed E-state index contributed by atoms with van der Waals surface area (Å²) >= 11 is 0. The number of fused-ring (bicyclic) bond motifs is 2. The second kappa shape index (κ2) is 5.74. The van der Waals surface area contributed by atoms with Crippen molar-refractivity contribution in [3.05, 3.63) is 53.1 Å². The molecule has 5 nitrogen and oxygen atoms in total. The number of hydrogen-bond donors (Lipinski definition) is 1. The van der Waals surface area contributed by atoms with E-state index in [9.17, 15) is 4.79 Å². The smallest absolute Gasteiger partial charge is 0.255 e. The fourth-order valence-corrected chi connectivity index (χ4v) is 3.09. The quantitative estimate of drug-likeness (QED) is 0.941. The molecule has 2 atom stereocenters. The van der Waals surface area contributed by atoms with Gasteiger partial charge < -0.3 is 19.5 Å². The van der Waals surface area contributed by atoms with E-state index in [1.165, 1.54) is 0 Å². The summed E-state index contributed by atoms with van der Waals surface area (Å²) in [5.41, 5.74) is 2.64. The standard InChI is InChI=1S/C19H19NO4/c1-11-12(2)24-18-14(11)4-3-5-15(18)19(21)20-9-13-6-7-16-17(8-13)23-10-22-16/h3-8,11-12H,9-10H2,1-2H3,(H,20,21)/t11-,12+/m0/s1. The molecule has 2 aromatic carbocycles. The van der Waals surface area contributed by atoms with Crippen LogP contribution in [0.2, 0.25) is 0 Å². The van der Waals surface area contributed by atoms with Crippen LogP contribution in [0.25, 0.3) is 0 Å². The predicted molar refractivity (Wildman–Crippen MR) is 88.7 cm³/mol. The first-order chi connectivity index (χ1) is 11.6. The lowest BCUT2D eigenvalue weighted by molar-refractivity contribution is 0.0946. The minimum absolute atomic E-state index is 0.0859. The van der Waals surface area contributed by atoms with Crippen LogP contribution in [0.1, 0.15) is 41.3 Å². The van der Waals surface area contributed by atoms with Gasteiger partial charge in [0.05, 0.1) is 5.56 Å². The summed E-state index contributed by atoms with van der Waals surface area (Å²) in [6.45, 7) is 4.81. The maximum atomic E-state index is 12.6. The van der Waals surface area contributed by atoms with Crippen LogP contribution in [-0.2, 0) is 6.54 Å². The lowest BCUT2D eigenvalue weighted by atomic mass is 9.97. The Hall–Kier alpha value is -2.69. The second-order valence-corrected chi connectivity index (χ2v) is 6.21. The van der Waals surface area contributed by atoms with E-state index < -0.39 is 0 Å². The first-order valence-corrected chi connectivity index (χ1v) is 8.10. The van der Waals surface area contributed by atoms with Gasteiger partial charge >= 0.3 is 0 Å². The molecule has 0 unspecified atom stereocenters. The van der Waals surface area contributed by atoms with Gasteiger partial charge in [-0.2, -0.15) is 0 Å². The maximum Gasteiger partial charge on any atom is 0.255 e. The van der Waals surface area contributed by atoms with Crippen LogP contribution < -0.4 is 19.5 Å². The lowest BCUT2D eigenvalue weighted by Crippen LogP contribution is -2.23. The molecule has 0 radical (unpaired) electrons. The Morgan fingerprint density at radius 3 is 2.88 bits per heavy atom. The van der Waals surface area contributed by atoms with Gasteiger partial charge in [-0.1, -0.05) is 25.1 Å². The SMILES string of the molecule is C[C@@H]1c2cccc(C(=O)NCc3ccc4c(c3)OCO4)c2O[C@@H]1C. The average Bonchev–Trinajstić information content (AvgIpc) is 3.17. The molecule has 0 bridgehead atoms. The van der Waals surface area contributed by atoms with Gasteiger partial charge in [-0.3, -0.25) is 4.79 Å². The van der Waals surface area contributed by atoms with Gasteiger partial charge in [-0.25, -0.2) is 0 Å². The van der Waals surface area contributed by atoms with Crippen LogP contribution in [-0.4, -0.2) is 18.8 Å². The molecule has 2 aromatic rings. The number of amides is 1. The van der Waals surface area contributed by atoms with Crippen LogP contribution in [0.5, 0.6) is 17.2 Å². The molecule has 2 aliphatic rings. The van der Waals surface area contributed by atoms with Crippen LogP contribution in [0.3, 0.4) is 0 Å². The third-order valence-corrected chi connectivity index (χ3v) is 4.68. The highest BCUT2D eigenvalue weighted by Gasteiger charge is 2.31. The Morgan fingerprint density at radius 2 is 2.00 bits per heavy atom. The normalized spacial score (nSPS) is 20.4. The Balaban J connectivity index is 1.50. The maximum absolute atomic E-state index is 12.6. The number of hydrogen-bond acceptors (Lipinski definition) is 4. The molecule has 1 N–H and O–H groups in total. The molecule has 0 saturated carbocycles. The number of rotatable bonds is 3. The van der Waals surface area contributed by atoms with E-state index in [1.807, 2.05) is 37.3 Å². The van der Waals surface area contributed by atoms with Crippen molar-refractivity contribution in [1.29, 1.82) is 0 Å². The summed E-state index contributed by atoms with van der Waals surface area (Å²) in [4.78, 5) is 12.6. The summed E-state index contributed by atoms with van der Waals surface area (Å²) in [6.07, 6.45) is 0.0859. The summed E-state index contributed by atoms with van der Waals surface area (Å²) in [5.74, 6) is 2.32. The number of carbonyl (C=O) groups excluding carboxylic acids is 1. The van der Waals surface area contributed by atoms with Crippen molar-refractivity contribution >= 4 is 5.91 Å². The van der Waals surface area contributed by atoms with E-state index in [1.54, 1.807) is 6.07 Å². The predicted octanol–water partition coefficient (Wildman–Crippen LogP) is 3.23. The number of carbonyl (C=O) groups is 1. The van der Waals surface area contributed by atoms with Gasteiger partial charge in [-0.15, -0.1) is 0 Å². The van der Waals surface area contributed by atoms with E-state index in [0.29, 0.717) is 29.5 Å². The monoisotopic (exact) mass is 325 g/mol. The molecule has 124 valence electrons. The molecule has 0 aromatic heterocycles. The molecule has 24 heavy (non-hydrogen) atoms. The minimum Gasteiger partial charge on any atom is -0.489 e. The number of para-hydroxylation sites is 1. The topological polar surface area (TPSA) is 56.8 Å².